The Morgan fingerprint density at radius 2 is 1.90 bits per heavy atom. The summed E-state index contributed by atoms with van der Waals surface area (Å²) in [6, 6.07) is 0.728. The van der Waals surface area contributed by atoms with Gasteiger partial charge < -0.3 is 10.1 Å². The minimum Gasteiger partial charge on any atom is -0.378 e. The largest absolute Gasteiger partial charge is 0.378 e. The minimum atomic E-state index is 0.562. The third kappa shape index (κ3) is 5.04. The third-order valence-electron chi connectivity index (χ3n) is 5.62. The summed E-state index contributed by atoms with van der Waals surface area (Å²) in [6.45, 7) is 3.31. The van der Waals surface area contributed by atoms with E-state index < -0.39 is 0 Å². The van der Waals surface area contributed by atoms with Gasteiger partial charge >= 0.3 is 0 Å². The fourth-order valence-electron chi connectivity index (χ4n) is 4.23. The molecular weight excluding hydrogens is 246 g/mol. The lowest BCUT2D eigenvalue weighted by Gasteiger charge is -2.34. The Kier molecular flexibility index (Phi) is 7.37. The van der Waals surface area contributed by atoms with Crippen molar-refractivity contribution in [1.82, 2.24) is 5.32 Å². The van der Waals surface area contributed by atoms with Crippen molar-refractivity contribution in [3.63, 3.8) is 0 Å². The summed E-state index contributed by atoms with van der Waals surface area (Å²) in [7, 11) is 2.16. The van der Waals surface area contributed by atoms with Crippen molar-refractivity contribution in [2.24, 2.45) is 11.8 Å². The van der Waals surface area contributed by atoms with Crippen molar-refractivity contribution < 1.29 is 4.74 Å². The molecule has 1 aliphatic carbocycles. The molecule has 0 amide bonds. The van der Waals surface area contributed by atoms with Gasteiger partial charge in [0.2, 0.25) is 0 Å². The highest BCUT2D eigenvalue weighted by molar-refractivity contribution is 4.82. The van der Waals surface area contributed by atoms with Gasteiger partial charge in [0.1, 0.15) is 0 Å². The summed E-state index contributed by atoms with van der Waals surface area (Å²) >= 11 is 0. The zero-order valence-electron chi connectivity index (χ0n) is 13.7. The number of ether oxygens (including phenoxy) is 1. The number of hydrogen-bond acceptors (Lipinski definition) is 2. The van der Waals surface area contributed by atoms with Crippen molar-refractivity contribution in [2.45, 2.75) is 89.7 Å². The summed E-state index contributed by atoms with van der Waals surface area (Å²) < 4.78 is 5.77. The van der Waals surface area contributed by atoms with Crippen LogP contribution in [0.25, 0.3) is 0 Å². The zero-order valence-corrected chi connectivity index (χ0v) is 13.7. The van der Waals surface area contributed by atoms with E-state index in [0.717, 1.165) is 24.5 Å². The average Bonchev–Trinajstić information content (AvgIpc) is 3.00. The molecule has 0 aromatic carbocycles. The average molecular weight is 281 g/mol. The molecule has 0 bridgehead atoms. The van der Waals surface area contributed by atoms with Crippen LogP contribution in [0.15, 0.2) is 0 Å². The van der Waals surface area contributed by atoms with Gasteiger partial charge in [0.15, 0.2) is 0 Å². The molecule has 2 aliphatic rings. The topological polar surface area (TPSA) is 21.3 Å². The van der Waals surface area contributed by atoms with Crippen LogP contribution in [-0.4, -0.2) is 25.8 Å². The first-order valence-corrected chi connectivity index (χ1v) is 9.12. The molecule has 1 saturated carbocycles. The van der Waals surface area contributed by atoms with Crippen LogP contribution in [-0.2, 0) is 4.74 Å². The summed E-state index contributed by atoms with van der Waals surface area (Å²) in [5.74, 6) is 1.95. The van der Waals surface area contributed by atoms with E-state index in [9.17, 15) is 0 Å². The van der Waals surface area contributed by atoms with Gasteiger partial charge in [-0.2, -0.15) is 0 Å². The Bertz CT molecular complexity index is 242. The van der Waals surface area contributed by atoms with E-state index >= 15 is 0 Å². The summed E-state index contributed by atoms with van der Waals surface area (Å²) in [5, 5.41) is 3.60. The lowest BCUT2D eigenvalue weighted by Crippen LogP contribution is -2.36. The van der Waals surface area contributed by atoms with Gasteiger partial charge in [-0.1, -0.05) is 39.0 Å². The molecule has 1 heterocycles. The second-order valence-corrected chi connectivity index (χ2v) is 7.03. The molecule has 2 atom stereocenters. The van der Waals surface area contributed by atoms with Gasteiger partial charge in [0, 0.05) is 12.6 Å². The first-order chi connectivity index (χ1) is 9.83. The SMILES string of the molecule is CCCCC1CCC(C(CCC2CCCO2)NC)CC1. The maximum Gasteiger partial charge on any atom is 0.0576 e. The monoisotopic (exact) mass is 281 g/mol. The Labute approximate surface area is 126 Å². The van der Waals surface area contributed by atoms with Crippen molar-refractivity contribution in [3.8, 4) is 0 Å². The first kappa shape index (κ1) is 16.3. The normalized spacial score (nSPS) is 32.4. The standard InChI is InChI=1S/C18H35NO/c1-3-4-6-15-8-10-16(11-9-15)18(19-2)13-12-17-7-5-14-20-17/h15-19H,3-14H2,1-2H3. The number of nitrogens with one attached hydrogen (secondary N) is 1. The molecule has 20 heavy (non-hydrogen) atoms. The maximum atomic E-state index is 5.77. The van der Waals surface area contributed by atoms with Crippen molar-refractivity contribution in [3.05, 3.63) is 0 Å². The number of unbranched alkanes of at least 4 members (excludes halogenated alkanes) is 1. The molecule has 0 aromatic heterocycles. The molecule has 1 N–H and O–H groups in total. The van der Waals surface area contributed by atoms with Crippen LogP contribution >= 0.6 is 0 Å². The van der Waals surface area contributed by atoms with E-state index in [1.807, 2.05) is 0 Å². The van der Waals surface area contributed by atoms with Gasteiger partial charge in [-0.3, -0.25) is 0 Å². The van der Waals surface area contributed by atoms with E-state index in [0.29, 0.717) is 6.10 Å². The van der Waals surface area contributed by atoms with Gasteiger partial charge in [0.05, 0.1) is 6.10 Å². The molecule has 1 saturated heterocycles. The van der Waals surface area contributed by atoms with Crippen LogP contribution in [0.5, 0.6) is 0 Å². The quantitative estimate of drug-likeness (QED) is 0.706. The Hall–Kier alpha value is -0.0800. The molecular formula is C18H35NO. The molecule has 2 rings (SSSR count). The fraction of sp³-hybridized carbons (Fsp3) is 1.00. The van der Waals surface area contributed by atoms with E-state index in [1.54, 1.807) is 0 Å². The summed E-state index contributed by atoms with van der Waals surface area (Å²) in [4.78, 5) is 0. The lowest BCUT2D eigenvalue weighted by atomic mass is 9.76. The second-order valence-electron chi connectivity index (χ2n) is 7.03. The third-order valence-corrected chi connectivity index (χ3v) is 5.62. The first-order valence-electron chi connectivity index (χ1n) is 9.12. The highest BCUT2D eigenvalue weighted by atomic mass is 16.5. The van der Waals surface area contributed by atoms with Crippen LogP contribution in [0.2, 0.25) is 0 Å². The van der Waals surface area contributed by atoms with Crippen molar-refractivity contribution in [2.75, 3.05) is 13.7 Å². The van der Waals surface area contributed by atoms with Gasteiger partial charge in [-0.25, -0.2) is 0 Å². The summed E-state index contributed by atoms with van der Waals surface area (Å²) in [6.07, 6.45) is 15.8. The minimum absolute atomic E-state index is 0.562. The predicted octanol–water partition coefficient (Wildman–Crippen LogP) is 4.53. The smallest absolute Gasteiger partial charge is 0.0576 e. The number of hydrogen-bond donors (Lipinski definition) is 1. The Morgan fingerprint density at radius 1 is 1.10 bits per heavy atom. The lowest BCUT2D eigenvalue weighted by molar-refractivity contribution is 0.0949. The van der Waals surface area contributed by atoms with Crippen molar-refractivity contribution >= 4 is 0 Å². The van der Waals surface area contributed by atoms with Crippen LogP contribution in [0, 0.1) is 11.8 Å². The zero-order chi connectivity index (χ0) is 14.2. The van der Waals surface area contributed by atoms with Crippen molar-refractivity contribution in [1.29, 1.82) is 0 Å². The maximum absolute atomic E-state index is 5.77. The van der Waals surface area contributed by atoms with Crippen LogP contribution < -0.4 is 5.32 Å². The van der Waals surface area contributed by atoms with E-state index in [-0.39, 0.29) is 0 Å². The Balaban J connectivity index is 1.66. The van der Waals surface area contributed by atoms with Crippen LogP contribution in [0.3, 0.4) is 0 Å². The second kappa shape index (κ2) is 9.04. The predicted molar refractivity (Wildman–Crippen MR) is 86.0 cm³/mol. The molecule has 0 spiro atoms. The highest BCUT2D eigenvalue weighted by Gasteiger charge is 2.27. The van der Waals surface area contributed by atoms with Crippen LogP contribution in [0.1, 0.15) is 77.6 Å². The fourth-order valence-corrected chi connectivity index (χ4v) is 4.23. The van der Waals surface area contributed by atoms with Gasteiger partial charge in [-0.05, 0) is 57.4 Å². The molecule has 2 fully saturated rings. The highest BCUT2D eigenvalue weighted by Crippen LogP contribution is 2.35. The Morgan fingerprint density at radius 3 is 2.50 bits per heavy atom. The van der Waals surface area contributed by atoms with Gasteiger partial charge in [0.25, 0.3) is 0 Å². The molecule has 118 valence electrons. The molecule has 2 heteroatoms. The number of rotatable bonds is 8. The molecule has 2 unspecified atom stereocenters. The molecule has 0 aromatic rings. The molecule has 0 radical (unpaired) electrons. The van der Waals surface area contributed by atoms with Gasteiger partial charge in [-0.15, -0.1) is 0 Å². The van der Waals surface area contributed by atoms with Crippen LogP contribution in [0.4, 0.5) is 0 Å². The van der Waals surface area contributed by atoms with E-state index in [4.69, 9.17) is 4.74 Å². The molecule has 2 nitrogen and oxygen atoms in total. The molecule has 1 aliphatic heterocycles. The summed E-state index contributed by atoms with van der Waals surface area (Å²) in [5.41, 5.74) is 0. The van der Waals surface area contributed by atoms with E-state index in [2.05, 4.69) is 19.3 Å². The van der Waals surface area contributed by atoms with E-state index in [1.165, 1.54) is 70.6 Å².